The Kier molecular flexibility index (Phi) is 6.08. The van der Waals surface area contributed by atoms with Crippen molar-refractivity contribution in [3.63, 3.8) is 0 Å². The highest BCUT2D eigenvalue weighted by atomic mass is 19.1. The van der Waals surface area contributed by atoms with Crippen molar-refractivity contribution in [2.75, 3.05) is 19.8 Å². The first-order valence-corrected chi connectivity index (χ1v) is 5.96. The summed E-state index contributed by atoms with van der Waals surface area (Å²) in [6, 6.07) is 2.94. The number of rotatable bonds is 8. The molecular formula is C13H17FO5. The zero-order valence-corrected chi connectivity index (χ0v) is 10.9. The van der Waals surface area contributed by atoms with Crippen LogP contribution in [0.25, 0.3) is 0 Å². The molecule has 0 amide bonds. The first-order chi connectivity index (χ1) is 9.08. The third-order valence-corrected chi connectivity index (χ3v) is 2.18. The molecule has 0 radical (unpaired) electrons. The van der Waals surface area contributed by atoms with E-state index in [4.69, 9.17) is 19.3 Å². The molecule has 0 aliphatic rings. The molecule has 1 aromatic rings. The summed E-state index contributed by atoms with van der Waals surface area (Å²) in [6.45, 7) is 3.67. The highest BCUT2D eigenvalue weighted by Crippen LogP contribution is 2.28. The average molecular weight is 272 g/mol. The van der Waals surface area contributed by atoms with E-state index in [1.165, 1.54) is 12.1 Å². The van der Waals surface area contributed by atoms with Gasteiger partial charge in [0.2, 0.25) is 0 Å². The fourth-order valence-corrected chi connectivity index (χ4v) is 1.49. The minimum absolute atomic E-state index is 0.0716. The second-order valence-electron chi connectivity index (χ2n) is 3.65. The van der Waals surface area contributed by atoms with Gasteiger partial charge in [0.05, 0.1) is 19.8 Å². The van der Waals surface area contributed by atoms with E-state index in [-0.39, 0.29) is 17.9 Å². The van der Waals surface area contributed by atoms with Crippen molar-refractivity contribution in [2.45, 2.75) is 20.5 Å². The summed E-state index contributed by atoms with van der Waals surface area (Å²) in [4.78, 5) is 10.3. The van der Waals surface area contributed by atoms with Gasteiger partial charge in [-0.05, 0) is 19.9 Å². The minimum atomic E-state index is -1.11. The third-order valence-electron chi connectivity index (χ3n) is 2.18. The van der Waals surface area contributed by atoms with Gasteiger partial charge in [0.15, 0.2) is 11.6 Å². The number of carboxylic acids is 1. The van der Waals surface area contributed by atoms with Crippen LogP contribution in [0, 0.1) is 5.82 Å². The zero-order valence-electron chi connectivity index (χ0n) is 10.9. The SMILES string of the molecule is CCOc1cc(COCC(=O)O)c(F)c(OCC)c1. The number of benzene rings is 1. The Balaban J connectivity index is 2.89. The number of carboxylic acid groups (broad SMARTS) is 1. The second kappa shape index (κ2) is 7.58. The van der Waals surface area contributed by atoms with E-state index in [1.807, 2.05) is 6.92 Å². The molecule has 1 N–H and O–H groups in total. The van der Waals surface area contributed by atoms with Gasteiger partial charge in [-0.25, -0.2) is 9.18 Å². The highest BCUT2D eigenvalue weighted by Gasteiger charge is 2.13. The van der Waals surface area contributed by atoms with E-state index in [1.54, 1.807) is 6.92 Å². The van der Waals surface area contributed by atoms with E-state index >= 15 is 0 Å². The lowest BCUT2D eigenvalue weighted by atomic mass is 10.2. The summed E-state index contributed by atoms with van der Waals surface area (Å²) in [7, 11) is 0. The van der Waals surface area contributed by atoms with Crippen molar-refractivity contribution >= 4 is 5.97 Å². The average Bonchev–Trinajstić information content (AvgIpc) is 2.34. The zero-order chi connectivity index (χ0) is 14.3. The fourth-order valence-electron chi connectivity index (χ4n) is 1.49. The van der Waals surface area contributed by atoms with Gasteiger partial charge < -0.3 is 19.3 Å². The maximum Gasteiger partial charge on any atom is 0.329 e. The molecule has 1 rings (SSSR count). The van der Waals surface area contributed by atoms with Crippen molar-refractivity contribution in [2.24, 2.45) is 0 Å². The Bertz CT molecular complexity index is 433. The van der Waals surface area contributed by atoms with Crippen LogP contribution in [0.15, 0.2) is 12.1 Å². The maximum atomic E-state index is 14.0. The number of hydrogen-bond donors (Lipinski definition) is 1. The molecular weight excluding hydrogens is 255 g/mol. The van der Waals surface area contributed by atoms with Gasteiger partial charge in [-0.1, -0.05) is 0 Å². The monoisotopic (exact) mass is 272 g/mol. The lowest BCUT2D eigenvalue weighted by Crippen LogP contribution is -2.08. The van der Waals surface area contributed by atoms with Crippen LogP contribution in [-0.4, -0.2) is 30.9 Å². The molecule has 0 fully saturated rings. The number of carbonyl (C=O) groups is 1. The van der Waals surface area contributed by atoms with Gasteiger partial charge >= 0.3 is 5.97 Å². The third kappa shape index (κ3) is 4.75. The largest absolute Gasteiger partial charge is 0.494 e. The van der Waals surface area contributed by atoms with Crippen LogP contribution in [0.3, 0.4) is 0 Å². The molecule has 0 saturated heterocycles. The Hall–Kier alpha value is -1.82. The molecule has 5 nitrogen and oxygen atoms in total. The molecule has 6 heteroatoms. The van der Waals surface area contributed by atoms with E-state index < -0.39 is 18.4 Å². The summed E-state index contributed by atoms with van der Waals surface area (Å²) in [5.41, 5.74) is 0.204. The van der Waals surface area contributed by atoms with Crippen LogP contribution in [0.5, 0.6) is 11.5 Å². The highest BCUT2D eigenvalue weighted by molar-refractivity contribution is 5.68. The number of halogens is 1. The summed E-state index contributed by atoms with van der Waals surface area (Å²) >= 11 is 0. The van der Waals surface area contributed by atoms with Gasteiger partial charge in [-0.3, -0.25) is 0 Å². The Morgan fingerprint density at radius 3 is 2.53 bits per heavy atom. The first-order valence-electron chi connectivity index (χ1n) is 5.96. The second-order valence-corrected chi connectivity index (χ2v) is 3.65. The van der Waals surface area contributed by atoms with Crippen LogP contribution in [0.4, 0.5) is 4.39 Å². The Morgan fingerprint density at radius 2 is 1.95 bits per heavy atom. The van der Waals surface area contributed by atoms with Crippen LogP contribution in [-0.2, 0) is 16.1 Å². The molecule has 0 unspecified atom stereocenters. The predicted octanol–water partition coefficient (Wildman–Crippen LogP) is 2.22. The van der Waals surface area contributed by atoms with Crippen LogP contribution in [0.1, 0.15) is 19.4 Å². The van der Waals surface area contributed by atoms with Crippen molar-refractivity contribution in [3.05, 3.63) is 23.5 Å². The molecule has 0 bridgehead atoms. The van der Waals surface area contributed by atoms with Gasteiger partial charge in [0.25, 0.3) is 0 Å². The lowest BCUT2D eigenvalue weighted by molar-refractivity contribution is -0.142. The number of ether oxygens (including phenoxy) is 3. The van der Waals surface area contributed by atoms with Crippen molar-refractivity contribution in [3.8, 4) is 11.5 Å². The minimum Gasteiger partial charge on any atom is -0.494 e. The normalized spacial score (nSPS) is 10.3. The van der Waals surface area contributed by atoms with Crippen LogP contribution < -0.4 is 9.47 Å². The molecule has 0 aliphatic heterocycles. The molecule has 19 heavy (non-hydrogen) atoms. The van der Waals surface area contributed by atoms with Crippen molar-refractivity contribution in [1.29, 1.82) is 0 Å². The van der Waals surface area contributed by atoms with E-state index in [0.717, 1.165) is 0 Å². The van der Waals surface area contributed by atoms with E-state index in [2.05, 4.69) is 0 Å². The van der Waals surface area contributed by atoms with Gasteiger partial charge in [0.1, 0.15) is 12.4 Å². The van der Waals surface area contributed by atoms with Crippen LogP contribution in [0.2, 0.25) is 0 Å². The molecule has 0 aliphatic carbocycles. The number of aliphatic carboxylic acids is 1. The molecule has 106 valence electrons. The van der Waals surface area contributed by atoms with Crippen molar-refractivity contribution < 1.29 is 28.5 Å². The summed E-state index contributed by atoms with van der Waals surface area (Å²) in [5.74, 6) is -1.13. The van der Waals surface area contributed by atoms with E-state index in [9.17, 15) is 9.18 Å². The molecule has 0 heterocycles. The predicted molar refractivity (Wildman–Crippen MR) is 66.0 cm³/mol. The summed E-state index contributed by atoms with van der Waals surface area (Å²) < 4.78 is 29.3. The quantitative estimate of drug-likeness (QED) is 0.786. The standard InChI is InChI=1S/C13H17FO5/c1-3-18-10-5-9(7-17-8-12(15)16)13(14)11(6-10)19-4-2/h5-6H,3-4,7-8H2,1-2H3,(H,15,16). The van der Waals surface area contributed by atoms with Gasteiger partial charge in [-0.2, -0.15) is 0 Å². The van der Waals surface area contributed by atoms with Gasteiger partial charge in [0, 0.05) is 11.6 Å². The molecule has 0 atom stereocenters. The lowest BCUT2D eigenvalue weighted by Gasteiger charge is -2.12. The molecule has 0 aromatic heterocycles. The topological polar surface area (TPSA) is 65.0 Å². The van der Waals surface area contributed by atoms with E-state index in [0.29, 0.717) is 19.0 Å². The van der Waals surface area contributed by atoms with Crippen molar-refractivity contribution in [1.82, 2.24) is 0 Å². The Morgan fingerprint density at radius 1 is 1.26 bits per heavy atom. The fraction of sp³-hybridized carbons (Fsp3) is 0.462. The summed E-state index contributed by atoms with van der Waals surface area (Å²) in [6.07, 6.45) is 0. The van der Waals surface area contributed by atoms with Gasteiger partial charge in [-0.15, -0.1) is 0 Å². The molecule has 1 aromatic carbocycles. The number of hydrogen-bond acceptors (Lipinski definition) is 4. The Labute approximate surface area is 110 Å². The summed E-state index contributed by atoms with van der Waals surface area (Å²) in [5, 5.41) is 8.47. The first kappa shape index (κ1) is 15.2. The molecule has 0 saturated carbocycles. The van der Waals surface area contributed by atoms with Crippen LogP contribution >= 0.6 is 0 Å². The molecule has 0 spiro atoms. The maximum absolute atomic E-state index is 14.0. The smallest absolute Gasteiger partial charge is 0.329 e.